The normalized spacial score (nSPS) is 23.3. The summed E-state index contributed by atoms with van der Waals surface area (Å²) in [6, 6.07) is 3.17. The molecule has 7 nitrogen and oxygen atoms in total. The van der Waals surface area contributed by atoms with Crippen molar-refractivity contribution in [3.8, 4) is 0 Å². The van der Waals surface area contributed by atoms with Crippen molar-refractivity contribution in [2.24, 2.45) is 5.92 Å². The number of hydrogen-bond acceptors (Lipinski definition) is 6. The average Bonchev–Trinajstić information content (AvgIpc) is 3.23. The number of halogens is 3. The summed E-state index contributed by atoms with van der Waals surface area (Å²) in [4.78, 5) is 1.96. The monoisotopic (exact) mass is 343 g/mol. The fraction of sp³-hybridized carbons (Fsp3) is 0.643. The number of piperidine rings is 1. The van der Waals surface area contributed by atoms with Crippen molar-refractivity contribution in [2.45, 2.75) is 25.3 Å². The van der Waals surface area contributed by atoms with Gasteiger partial charge in [-0.2, -0.15) is 17.7 Å². The molecule has 4 rings (SSSR count). The number of aromatic nitrogens is 4. The molecule has 10 heteroatoms. The number of anilines is 1. The zero-order valence-electron chi connectivity index (χ0n) is 12.7. The maximum atomic E-state index is 13.0. The van der Waals surface area contributed by atoms with Crippen molar-refractivity contribution in [2.75, 3.05) is 31.2 Å². The van der Waals surface area contributed by atoms with Crippen LogP contribution in [0.1, 0.15) is 18.7 Å². The van der Waals surface area contributed by atoms with Crippen LogP contribution in [0.25, 0.3) is 5.65 Å². The van der Waals surface area contributed by atoms with Crippen LogP contribution in [0.3, 0.4) is 0 Å². The number of nitrogens with zero attached hydrogens (tertiary/aromatic N) is 5. The van der Waals surface area contributed by atoms with Crippen LogP contribution in [-0.4, -0.2) is 52.4 Å². The predicted molar refractivity (Wildman–Crippen MR) is 76.4 cm³/mol. The number of ether oxygens (including phenoxy) is 2. The summed E-state index contributed by atoms with van der Waals surface area (Å²) in [6.07, 6.45) is -2.97. The molecule has 0 bridgehead atoms. The van der Waals surface area contributed by atoms with Gasteiger partial charge in [0.15, 0.2) is 11.9 Å². The van der Waals surface area contributed by atoms with Crippen LogP contribution in [0, 0.1) is 5.92 Å². The number of alkyl halides is 3. The van der Waals surface area contributed by atoms with Gasteiger partial charge in [-0.05, 0) is 25.0 Å². The largest absolute Gasteiger partial charge is 0.453 e. The summed E-state index contributed by atoms with van der Waals surface area (Å²) in [7, 11) is 0. The third-order valence-corrected chi connectivity index (χ3v) is 4.32. The van der Waals surface area contributed by atoms with Gasteiger partial charge in [0.05, 0.1) is 13.2 Å². The molecular formula is C14H16F3N5O2. The topological polar surface area (TPSA) is 64.8 Å². The highest BCUT2D eigenvalue weighted by atomic mass is 19.4. The van der Waals surface area contributed by atoms with Gasteiger partial charge in [-0.15, -0.1) is 15.3 Å². The third kappa shape index (κ3) is 2.80. The SMILES string of the molecule is FC(F)(F)c1nnc2ccc(N3CCC[C@H](C4OCCO4)C3)nn12. The summed E-state index contributed by atoms with van der Waals surface area (Å²) in [5, 5.41) is 10.8. The summed E-state index contributed by atoms with van der Waals surface area (Å²) < 4.78 is 50.8. The predicted octanol–water partition coefficient (Wildman–Crippen LogP) is 1.73. The first-order chi connectivity index (χ1) is 11.5. The van der Waals surface area contributed by atoms with E-state index in [9.17, 15) is 13.2 Å². The standard InChI is InChI=1S/C14H16F3N5O2/c15-14(16,17)13-19-18-10-3-4-11(20-22(10)13)21-5-1-2-9(8-21)12-23-6-7-24-12/h3-4,9,12H,1-2,5-8H2/t9-/m0/s1. The summed E-state index contributed by atoms with van der Waals surface area (Å²) in [5.41, 5.74) is 0.0714. The lowest BCUT2D eigenvalue weighted by atomic mass is 9.97. The first-order valence-corrected chi connectivity index (χ1v) is 7.80. The molecule has 2 aromatic rings. The van der Waals surface area contributed by atoms with Gasteiger partial charge in [-0.1, -0.05) is 0 Å². The molecule has 2 saturated heterocycles. The Labute approximate surface area is 135 Å². The molecule has 0 spiro atoms. The molecule has 24 heavy (non-hydrogen) atoms. The van der Waals surface area contributed by atoms with E-state index in [0.717, 1.165) is 23.9 Å². The minimum atomic E-state index is -4.60. The van der Waals surface area contributed by atoms with Crippen LogP contribution in [0.4, 0.5) is 19.0 Å². The van der Waals surface area contributed by atoms with Crippen LogP contribution in [0.15, 0.2) is 12.1 Å². The maximum absolute atomic E-state index is 13.0. The molecule has 1 atom stereocenters. The lowest BCUT2D eigenvalue weighted by Gasteiger charge is -2.35. The van der Waals surface area contributed by atoms with Gasteiger partial charge in [0.1, 0.15) is 5.82 Å². The molecule has 0 aliphatic carbocycles. The molecule has 0 amide bonds. The van der Waals surface area contributed by atoms with Crippen LogP contribution >= 0.6 is 0 Å². The second kappa shape index (κ2) is 5.85. The Bertz CT molecular complexity index is 729. The Balaban J connectivity index is 1.61. The number of hydrogen-bond donors (Lipinski definition) is 0. The molecule has 0 aromatic carbocycles. The second-order valence-electron chi connectivity index (χ2n) is 5.94. The van der Waals surface area contributed by atoms with Crippen molar-refractivity contribution in [3.63, 3.8) is 0 Å². The molecule has 2 aromatic heterocycles. The maximum Gasteiger partial charge on any atom is 0.453 e. The van der Waals surface area contributed by atoms with Gasteiger partial charge in [0.2, 0.25) is 0 Å². The van der Waals surface area contributed by atoms with E-state index in [-0.39, 0.29) is 17.9 Å². The molecule has 2 fully saturated rings. The van der Waals surface area contributed by atoms with E-state index in [2.05, 4.69) is 15.3 Å². The summed E-state index contributed by atoms with van der Waals surface area (Å²) >= 11 is 0. The molecule has 0 N–H and O–H groups in total. The Hall–Kier alpha value is -1.94. The molecule has 130 valence electrons. The number of rotatable bonds is 2. The molecule has 0 saturated carbocycles. The lowest BCUT2D eigenvalue weighted by Crippen LogP contribution is -2.41. The third-order valence-electron chi connectivity index (χ3n) is 4.32. The van der Waals surface area contributed by atoms with Crippen LogP contribution in [0.2, 0.25) is 0 Å². The quantitative estimate of drug-likeness (QED) is 0.828. The molecule has 2 aliphatic heterocycles. The van der Waals surface area contributed by atoms with E-state index in [0.29, 0.717) is 25.6 Å². The summed E-state index contributed by atoms with van der Waals surface area (Å²) in [6.45, 7) is 2.53. The van der Waals surface area contributed by atoms with E-state index in [4.69, 9.17) is 9.47 Å². The van der Waals surface area contributed by atoms with Gasteiger partial charge in [0, 0.05) is 19.0 Å². The van der Waals surface area contributed by atoms with Gasteiger partial charge in [-0.25, -0.2) is 0 Å². The second-order valence-corrected chi connectivity index (χ2v) is 5.94. The smallest absolute Gasteiger partial charge is 0.355 e. The summed E-state index contributed by atoms with van der Waals surface area (Å²) in [5.74, 6) is -0.465. The van der Waals surface area contributed by atoms with E-state index in [1.165, 1.54) is 6.07 Å². The van der Waals surface area contributed by atoms with E-state index < -0.39 is 12.0 Å². The zero-order chi connectivity index (χ0) is 16.7. The van der Waals surface area contributed by atoms with E-state index >= 15 is 0 Å². The fourth-order valence-electron chi connectivity index (χ4n) is 3.21. The zero-order valence-corrected chi connectivity index (χ0v) is 12.7. The Morgan fingerprint density at radius 3 is 2.67 bits per heavy atom. The highest BCUT2D eigenvalue weighted by Crippen LogP contribution is 2.30. The highest BCUT2D eigenvalue weighted by molar-refractivity contribution is 5.46. The lowest BCUT2D eigenvalue weighted by molar-refractivity contribution is -0.146. The Morgan fingerprint density at radius 1 is 1.12 bits per heavy atom. The van der Waals surface area contributed by atoms with Crippen LogP contribution < -0.4 is 4.90 Å². The molecule has 2 aliphatic rings. The van der Waals surface area contributed by atoms with Crippen molar-refractivity contribution >= 4 is 11.5 Å². The van der Waals surface area contributed by atoms with Gasteiger partial charge in [0.25, 0.3) is 5.82 Å². The van der Waals surface area contributed by atoms with Crippen molar-refractivity contribution in [1.82, 2.24) is 19.8 Å². The molecule has 0 radical (unpaired) electrons. The van der Waals surface area contributed by atoms with Gasteiger partial charge in [-0.3, -0.25) is 0 Å². The van der Waals surface area contributed by atoms with Gasteiger partial charge >= 0.3 is 6.18 Å². The van der Waals surface area contributed by atoms with E-state index in [1.54, 1.807) is 6.07 Å². The van der Waals surface area contributed by atoms with Gasteiger partial charge < -0.3 is 14.4 Å². The molecule has 4 heterocycles. The first-order valence-electron chi connectivity index (χ1n) is 7.80. The van der Waals surface area contributed by atoms with Crippen molar-refractivity contribution < 1.29 is 22.6 Å². The van der Waals surface area contributed by atoms with Crippen molar-refractivity contribution in [3.05, 3.63) is 18.0 Å². The van der Waals surface area contributed by atoms with Crippen LogP contribution in [0.5, 0.6) is 0 Å². The minimum absolute atomic E-state index is 0.0714. The molecular weight excluding hydrogens is 327 g/mol. The Morgan fingerprint density at radius 2 is 1.92 bits per heavy atom. The van der Waals surface area contributed by atoms with Crippen LogP contribution in [-0.2, 0) is 15.7 Å². The highest BCUT2D eigenvalue weighted by Gasteiger charge is 2.38. The van der Waals surface area contributed by atoms with E-state index in [1.807, 2.05) is 4.90 Å². The average molecular weight is 343 g/mol. The van der Waals surface area contributed by atoms with Crippen molar-refractivity contribution in [1.29, 1.82) is 0 Å². The molecule has 0 unspecified atom stereocenters. The Kier molecular flexibility index (Phi) is 3.80. The minimum Gasteiger partial charge on any atom is -0.355 e. The number of fused-ring (bicyclic) bond motifs is 1. The fourth-order valence-corrected chi connectivity index (χ4v) is 3.21. The first kappa shape index (κ1) is 15.6.